The van der Waals surface area contributed by atoms with E-state index in [9.17, 15) is 13.2 Å². The van der Waals surface area contributed by atoms with Gasteiger partial charge in [0.1, 0.15) is 6.10 Å². The van der Waals surface area contributed by atoms with E-state index >= 15 is 0 Å². The van der Waals surface area contributed by atoms with Crippen LogP contribution in [0.4, 0.5) is 0 Å². The number of carbonyl (C=O) groups is 1. The van der Waals surface area contributed by atoms with Crippen molar-refractivity contribution in [2.45, 2.75) is 38.0 Å². The van der Waals surface area contributed by atoms with Gasteiger partial charge in [0.2, 0.25) is 15.9 Å². The molecule has 0 aliphatic heterocycles. The molecule has 1 saturated carbocycles. The van der Waals surface area contributed by atoms with Gasteiger partial charge >= 0.3 is 0 Å². The fourth-order valence-corrected chi connectivity index (χ4v) is 1.46. The van der Waals surface area contributed by atoms with Gasteiger partial charge in [-0.05, 0) is 32.6 Å². The van der Waals surface area contributed by atoms with E-state index in [1.165, 1.54) is 6.92 Å². The van der Waals surface area contributed by atoms with Gasteiger partial charge in [-0.2, -0.15) is 0 Å². The molecule has 1 aliphatic carbocycles. The van der Waals surface area contributed by atoms with Crippen molar-refractivity contribution < 1.29 is 17.9 Å². The Balaban J connectivity index is 2.23. The Morgan fingerprint density at radius 1 is 1.47 bits per heavy atom. The molecule has 3 N–H and O–H groups in total. The lowest BCUT2D eigenvalue weighted by Crippen LogP contribution is -2.42. The monoisotopic (exact) mass is 264 g/mol. The fourth-order valence-electron chi connectivity index (χ4n) is 1.14. The Kier molecular flexibility index (Phi) is 4.91. The van der Waals surface area contributed by atoms with Crippen molar-refractivity contribution >= 4 is 15.9 Å². The molecule has 2 atom stereocenters. The second kappa shape index (κ2) is 5.79. The number of sulfonamides is 1. The van der Waals surface area contributed by atoms with Crippen molar-refractivity contribution in [3.63, 3.8) is 0 Å². The summed E-state index contributed by atoms with van der Waals surface area (Å²) in [4.78, 5) is 11.5. The zero-order valence-corrected chi connectivity index (χ0v) is 11.0. The van der Waals surface area contributed by atoms with Gasteiger partial charge in [-0.15, -0.1) is 0 Å². The molecule has 6 nitrogen and oxygen atoms in total. The first kappa shape index (κ1) is 14.4. The molecule has 0 aromatic carbocycles. The molecule has 0 aromatic heterocycles. The van der Waals surface area contributed by atoms with E-state index < -0.39 is 21.4 Å². The lowest BCUT2D eigenvalue weighted by molar-refractivity contribution is -0.131. The largest absolute Gasteiger partial charge is 0.368 e. The van der Waals surface area contributed by atoms with Gasteiger partial charge in [-0.1, -0.05) is 0 Å². The summed E-state index contributed by atoms with van der Waals surface area (Å²) in [6, 6.07) is 0. The molecular formula is C10H20N2O4S. The third-order valence-corrected chi connectivity index (χ3v) is 4.06. The van der Waals surface area contributed by atoms with Crippen LogP contribution in [0.15, 0.2) is 0 Å². The Morgan fingerprint density at radius 2 is 2.06 bits per heavy atom. The van der Waals surface area contributed by atoms with Gasteiger partial charge in [0, 0.05) is 6.54 Å². The molecule has 17 heavy (non-hydrogen) atoms. The van der Waals surface area contributed by atoms with Crippen LogP contribution in [0.2, 0.25) is 0 Å². The number of rotatable bonds is 7. The van der Waals surface area contributed by atoms with E-state index in [2.05, 4.69) is 5.32 Å². The molecule has 1 rings (SSSR count). The summed E-state index contributed by atoms with van der Waals surface area (Å²) < 4.78 is 27.2. The maximum Gasteiger partial charge on any atom is 0.248 e. The van der Waals surface area contributed by atoms with Crippen LogP contribution in [0.3, 0.4) is 0 Å². The summed E-state index contributed by atoms with van der Waals surface area (Å²) in [5.74, 6) is 0.287. The summed E-state index contributed by atoms with van der Waals surface area (Å²) in [6.07, 6.45) is 1.77. The van der Waals surface area contributed by atoms with Crippen LogP contribution in [-0.2, 0) is 19.6 Å². The van der Waals surface area contributed by atoms with Crippen molar-refractivity contribution in [2.24, 2.45) is 11.1 Å². The van der Waals surface area contributed by atoms with E-state index in [0.29, 0.717) is 12.5 Å². The summed E-state index contributed by atoms with van der Waals surface area (Å²) in [7, 11) is -3.60. The van der Waals surface area contributed by atoms with Crippen molar-refractivity contribution in [1.29, 1.82) is 0 Å². The molecule has 1 aliphatic rings. The molecule has 0 bridgehead atoms. The summed E-state index contributed by atoms with van der Waals surface area (Å²) in [5, 5.41) is 6.66. The van der Waals surface area contributed by atoms with Crippen LogP contribution >= 0.6 is 0 Å². The minimum atomic E-state index is -3.60. The molecule has 0 unspecified atom stereocenters. The van der Waals surface area contributed by atoms with Crippen LogP contribution in [0.25, 0.3) is 0 Å². The lowest BCUT2D eigenvalue weighted by atomic mass is 10.3. The maximum absolute atomic E-state index is 11.5. The average Bonchev–Trinajstić information content (AvgIpc) is 3.04. The zero-order chi connectivity index (χ0) is 13.1. The molecule has 100 valence electrons. The highest BCUT2D eigenvalue weighted by Gasteiger charge is 2.24. The number of hydrogen-bond acceptors (Lipinski definition) is 4. The van der Waals surface area contributed by atoms with Crippen molar-refractivity contribution in [1.82, 2.24) is 5.32 Å². The first-order chi connectivity index (χ1) is 7.80. The van der Waals surface area contributed by atoms with Gasteiger partial charge in [0.25, 0.3) is 0 Å². The maximum atomic E-state index is 11.5. The zero-order valence-electron chi connectivity index (χ0n) is 10.2. The van der Waals surface area contributed by atoms with Crippen molar-refractivity contribution in [3.05, 3.63) is 0 Å². The van der Waals surface area contributed by atoms with E-state index in [-0.39, 0.29) is 12.5 Å². The number of amides is 1. The number of nitrogens with one attached hydrogen (secondary N) is 1. The Bertz CT molecular complexity index is 365. The second-order valence-electron chi connectivity index (χ2n) is 4.56. The number of hydrogen-bond donors (Lipinski definition) is 2. The normalized spacial score (nSPS) is 19.7. The Labute approximate surface area is 102 Å². The van der Waals surface area contributed by atoms with Crippen molar-refractivity contribution in [3.8, 4) is 0 Å². The predicted octanol–water partition coefficient (Wildman–Crippen LogP) is -0.405. The van der Waals surface area contributed by atoms with Crippen LogP contribution < -0.4 is 10.5 Å². The summed E-state index contributed by atoms with van der Waals surface area (Å²) in [6.45, 7) is 3.71. The molecular weight excluding hydrogens is 244 g/mol. The molecule has 0 aromatic rings. The lowest BCUT2D eigenvalue weighted by Gasteiger charge is -2.15. The van der Waals surface area contributed by atoms with Gasteiger partial charge in [-0.25, -0.2) is 13.6 Å². The van der Waals surface area contributed by atoms with Gasteiger partial charge in [-0.3, -0.25) is 4.79 Å². The molecule has 1 amide bonds. The molecule has 0 saturated heterocycles. The second-order valence-corrected chi connectivity index (χ2v) is 6.55. The highest BCUT2D eigenvalue weighted by atomic mass is 32.2. The average molecular weight is 264 g/mol. The Hall–Kier alpha value is -0.660. The minimum absolute atomic E-state index is 0.00873. The predicted molar refractivity (Wildman–Crippen MR) is 63.7 cm³/mol. The van der Waals surface area contributed by atoms with E-state index in [1.54, 1.807) is 6.92 Å². The minimum Gasteiger partial charge on any atom is -0.368 e. The number of ether oxygens (including phenoxy) is 1. The molecule has 1 fully saturated rings. The first-order valence-corrected chi connectivity index (χ1v) is 7.32. The third kappa shape index (κ3) is 5.47. The van der Waals surface area contributed by atoms with Gasteiger partial charge in [0.15, 0.2) is 0 Å². The van der Waals surface area contributed by atoms with Crippen molar-refractivity contribution in [2.75, 3.05) is 13.2 Å². The SMILES string of the molecule is C[C@H](OCC1CC1)C(=O)NC[C@@H](C)S(N)(=O)=O. The summed E-state index contributed by atoms with van der Waals surface area (Å²) in [5.41, 5.74) is 0. The van der Waals surface area contributed by atoms with Crippen LogP contribution in [-0.4, -0.2) is 38.8 Å². The van der Waals surface area contributed by atoms with Crippen LogP contribution in [0.5, 0.6) is 0 Å². The van der Waals surface area contributed by atoms with Gasteiger partial charge < -0.3 is 10.1 Å². The fraction of sp³-hybridized carbons (Fsp3) is 0.900. The Morgan fingerprint density at radius 3 is 2.53 bits per heavy atom. The van der Waals surface area contributed by atoms with Gasteiger partial charge in [0.05, 0.1) is 11.9 Å². The highest BCUT2D eigenvalue weighted by molar-refractivity contribution is 7.89. The molecule has 0 spiro atoms. The smallest absolute Gasteiger partial charge is 0.248 e. The summed E-state index contributed by atoms with van der Waals surface area (Å²) >= 11 is 0. The van der Waals surface area contributed by atoms with Crippen LogP contribution in [0.1, 0.15) is 26.7 Å². The number of nitrogens with two attached hydrogens (primary N) is 1. The van der Waals surface area contributed by atoms with E-state index in [1.807, 2.05) is 0 Å². The molecule has 7 heteroatoms. The van der Waals surface area contributed by atoms with E-state index in [4.69, 9.17) is 9.88 Å². The first-order valence-electron chi connectivity index (χ1n) is 5.71. The quantitative estimate of drug-likeness (QED) is 0.653. The third-order valence-electron chi connectivity index (χ3n) is 2.77. The number of primary sulfonamides is 1. The van der Waals surface area contributed by atoms with Crippen LogP contribution in [0, 0.1) is 5.92 Å². The standard InChI is InChI=1S/C10H20N2O4S/c1-7(17(11,14)15)5-12-10(13)8(2)16-6-9-3-4-9/h7-9H,3-6H2,1-2H3,(H,12,13)(H2,11,14,15)/t7-,8+/m1/s1. The van der Waals surface area contributed by atoms with E-state index in [0.717, 1.165) is 12.8 Å². The topological polar surface area (TPSA) is 98.5 Å². The highest BCUT2D eigenvalue weighted by Crippen LogP contribution is 2.29. The molecule has 0 heterocycles. The molecule has 0 radical (unpaired) electrons. The number of carbonyl (C=O) groups excluding carboxylic acids is 1.